The van der Waals surface area contributed by atoms with Crippen LogP contribution in [-0.4, -0.2) is 65.9 Å². The van der Waals surface area contributed by atoms with Gasteiger partial charge in [-0.25, -0.2) is 4.79 Å². The summed E-state index contributed by atoms with van der Waals surface area (Å²) < 4.78 is 5.14. The second-order valence-electron chi connectivity index (χ2n) is 9.75. The summed E-state index contributed by atoms with van der Waals surface area (Å²) in [5.41, 5.74) is 2.88. The molecule has 2 heterocycles. The molecule has 6 nitrogen and oxygen atoms in total. The normalized spacial score (nSPS) is 20.6. The van der Waals surface area contributed by atoms with Crippen LogP contribution in [0.25, 0.3) is 0 Å². The zero-order chi connectivity index (χ0) is 26.7. The third-order valence-electron chi connectivity index (χ3n) is 7.12. The monoisotopic (exact) mass is 511 g/mol. The number of carbonyl (C=O) groups is 1. The SMILES string of the molecule is C(#Cc1ccccc1)c1ccccc1.COc1ccc(NC(=O)N2CCCC(C)N3[C@H](CO)C[C@@H]3C2)cc1. The molecule has 3 aromatic carbocycles. The number of rotatable bonds is 3. The van der Waals surface area contributed by atoms with Crippen LogP contribution in [0.4, 0.5) is 10.5 Å². The van der Waals surface area contributed by atoms with Gasteiger partial charge in [0.25, 0.3) is 0 Å². The van der Waals surface area contributed by atoms with Crippen molar-refractivity contribution in [1.82, 2.24) is 9.80 Å². The van der Waals surface area contributed by atoms with Crippen molar-refractivity contribution in [1.29, 1.82) is 0 Å². The molecule has 2 aliphatic heterocycles. The van der Waals surface area contributed by atoms with E-state index in [-0.39, 0.29) is 18.7 Å². The van der Waals surface area contributed by atoms with E-state index in [1.165, 1.54) is 0 Å². The summed E-state index contributed by atoms with van der Waals surface area (Å²) in [7, 11) is 1.62. The number of benzene rings is 3. The zero-order valence-corrected chi connectivity index (χ0v) is 22.2. The number of nitrogens with zero attached hydrogens (tertiary/aromatic N) is 2. The van der Waals surface area contributed by atoms with Crippen molar-refractivity contribution >= 4 is 11.7 Å². The standard InChI is InChI=1S/C18H27N3O3.C14H10/c1-13-4-3-9-20(11-15-10-16(12-22)21(13)15)18(23)19-14-5-7-17(24-2)8-6-14;1-3-7-13(8-4-1)11-12-14-9-5-2-6-10-14/h5-8,13,15-16,22H,3-4,9-12H2,1-2H3,(H,19,23);1-10H/t13?,15-,16+;/m1./s1. The maximum Gasteiger partial charge on any atom is 0.321 e. The van der Waals surface area contributed by atoms with Crippen LogP contribution in [0.2, 0.25) is 0 Å². The van der Waals surface area contributed by atoms with Gasteiger partial charge in [-0.15, -0.1) is 0 Å². The van der Waals surface area contributed by atoms with Crippen LogP contribution in [0.5, 0.6) is 5.75 Å². The fourth-order valence-corrected chi connectivity index (χ4v) is 5.10. The van der Waals surface area contributed by atoms with Gasteiger partial charge in [0.05, 0.1) is 13.7 Å². The van der Waals surface area contributed by atoms with Gasteiger partial charge >= 0.3 is 6.03 Å². The lowest BCUT2D eigenvalue weighted by Gasteiger charge is -2.53. The summed E-state index contributed by atoms with van der Waals surface area (Å²) in [6, 6.07) is 28.4. The van der Waals surface area contributed by atoms with Gasteiger partial charge in [0.2, 0.25) is 0 Å². The molecule has 2 saturated heterocycles. The number of fused-ring (bicyclic) bond motifs is 1. The number of anilines is 1. The van der Waals surface area contributed by atoms with E-state index in [2.05, 4.69) is 29.0 Å². The highest BCUT2D eigenvalue weighted by Gasteiger charge is 2.42. The van der Waals surface area contributed by atoms with Crippen molar-refractivity contribution in [2.24, 2.45) is 0 Å². The van der Waals surface area contributed by atoms with Crippen LogP contribution in [0.1, 0.15) is 37.3 Å². The number of carbonyl (C=O) groups excluding carboxylic acids is 1. The second-order valence-corrected chi connectivity index (χ2v) is 9.75. The Balaban J connectivity index is 0.000000204. The molecule has 1 unspecified atom stereocenters. The molecule has 5 rings (SSSR count). The van der Waals surface area contributed by atoms with Gasteiger partial charge in [0.1, 0.15) is 5.75 Å². The average Bonchev–Trinajstić information content (AvgIpc) is 2.94. The van der Waals surface area contributed by atoms with Crippen molar-refractivity contribution in [2.45, 2.75) is 44.3 Å². The number of amides is 2. The quantitative estimate of drug-likeness (QED) is 0.473. The molecule has 0 saturated carbocycles. The first-order valence-electron chi connectivity index (χ1n) is 13.3. The molecular weight excluding hydrogens is 474 g/mol. The van der Waals surface area contributed by atoms with Gasteiger partial charge in [0.15, 0.2) is 0 Å². The summed E-state index contributed by atoms with van der Waals surface area (Å²) >= 11 is 0. The van der Waals surface area contributed by atoms with Gasteiger partial charge in [-0.2, -0.15) is 0 Å². The minimum atomic E-state index is -0.0536. The fourth-order valence-electron chi connectivity index (χ4n) is 5.10. The molecular formula is C32H37N3O3. The molecule has 6 heteroatoms. The van der Waals surface area contributed by atoms with E-state index < -0.39 is 0 Å². The number of methoxy groups -OCH3 is 1. The molecule has 0 aliphatic carbocycles. The molecule has 3 aromatic rings. The van der Waals surface area contributed by atoms with E-state index in [4.69, 9.17) is 4.74 Å². The number of aliphatic hydroxyl groups is 1. The molecule has 2 N–H and O–H groups in total. The van der Waals surface area contributed by atoms with Gasteiger partial charge in [0, 0.05) is 48.0 Å². The van der Waals surface area contributed by atoms with Crippen molar-refractivity contribution < 1.29 is 14.6 Å². The van der Waals surface area contributed by atoms with Gasteiger partial charge in [-0.3, -0.25) is 4.90 Å². The Morgan fingerprint density at radius 3 is 2.13 bits per heavy atom. The Bertz CT molecular complexity index is 1160. The van der Waals surface area contributed by atoms with Crippen molar-refractivity contribution in [3.63, 3.8) is 0 Å². The Kier molecular flexibility index (Phi) is 9.80. The average molecular weight is 512 g/mol. The van der Waals surface area contributed by atoms with E-state index in [0.29, 0.717) is 12.1 Å². The molecule has 2 amide bonds. The minimum Gasteiger partial charge on any atom is -0.497 e. The molecule has 0 bridgehead atoms. The minimum absolute atomic E-state index is 0.0536. The first kappa shape index (κ1) is 27.3. The van der Waals surface area contributed by atoms with Gasteiger partial charge in [-0.1, -0.05) is 48.2 Å². The molecule has 38 heavy (non-hydrogen) atoms. The molecule has 0 aromatic heterocycles. The summed E-state index contributed by atoms with van der Waals surface area (Å²) in [4.78, 5) is 16.9. The lowest BCUT2D eigenvalue weighted by Crippen LogP contribution is -2.65. The van der Waals surface area contributed by atoms with Crippen LogP contribution in [0, 0.1) is 11.8 Å². The highest BCUT2D eigenvalue weighted by atomic mass is 16.5. The Labute approximate surface area is 226 Å². The summed E-state index contributed by atoms with van der Waals surface area (Å²) in [5.74, 6) is 6.99. The number of hydrogen-bond donors (Lipinski definition) is 2. The number of aliphatic hydroxyl groups excluding tert-OH is 1. The summed E-state index contributed by atoms with van der Waals surface area (Å²) in [6.07, 6.45) is 3.00. The number of nitrogens with one attached hydrogen (secondary N) is 1. The van der Waals surface area contributed by atoms with E-state index in [1.807, 2.05) is 89.8 Å². The molecule has 3 atom stereocenters. The number of urea groups is 1. The van der Waals surface area contributed by atoms with Crippen molar-refractivity contribution in [3.05, 3.63) is 96.1 Å². The highest BCUT2D eigenvalue weighted by molar-refractivity contribution is 5.89. The fraction of sp³-hybridized carbons (Fsp3) is 0.344. The van der Waals surface area contributed by atoms with Crippen LogP contribution in [-0.2, 0) is 0 Å². The Hall–Kier alpha value is -3.79. The summed E-state index contributed by atoms with van der Waals surface area (Å²) in [6.45, 7) is 3.93. The largest absolute Gasteiger partial charge is 0.497 e. The van der Waals surface area contributed by atoms with E-state index in [9.17, 15) is 9.90 Å². The Morgan fingerprint density at radius 1 is 0.974 bits per heavy atom. The van der Waals surface area contributed by atoms with Crippen LogP contribution in [0.3, 0.4) is 0 Å². The van der Waals surface area contributed by atoms with E-state index in [1.54, 1.807) is 7.11 Å². The van der Waals surface area contributed by atoms with Crippen LogP contribution < -0.4 is 10.1 Å². The third kappa shape index (κ3) is 7.38. The number of ether oxygens (including phenoxy) is 1. The topological polar surface area (TPSA) is 65.0 Å². The lowest BCUT2D eigenvalue weighted by atomic mass is 9.88. The predicted molar refractivity (Wildman–Crippen MR) is 152 cm³/mol. The van der Waals surface area contributed by atoms with Crippen molar-refractivity contribution in [2.75, 3.05) is 32.1 Å². The summed E-state index contributed by atoms with van der Waals surface area (Å²) in [5, 5.41) is 12.4. The molecule has 2 aliphatic rings. The van der Waals surface area contributed by atoms with Gasteiger partial charge < -0.3 is 20.1 Å². The number of hydrogen-bond acceptors (Lipinski definition) is 4. The molecule has 0 radical (unpaired) electrons. The molecule has 198 valence electrons. The zero-order valence-electron chi connectivity index (χ0n) is 22.2. The maximum absolute atomic E-state index is 12.6. The third-order valence-corrected chi connectivity index (χ3v) is 7.12. The first-order chi connectivity index (χ1) is 18.6. The highest BCUT2D eigenvalue weighted by Crippen LogP contribution is 2.32. The lowest BCUT2D eigenvalue weighted by molar-refractivity contribution is -0.0632. The smallest absolute Gasteiger partial charge is 0.321 e. The van der Waals surface area contributed by atoms with Crippen LogP contribution in [0.15, 0.2) is 84.9 Å². The molecule has 2 fully saturated rings. The Morgan fingerprint density at radius 2 is 1.58 bits per heavy atom. The van der Waals surface area contributed by atoms with Crippen molar-refractivity contribution in [3.8, 4) is 17.6 Å². The molecule has 0 spiro atoms. The van der Waals surface area contributed by atoms with E-state index in [0.717, 1.165) is 54.9 Å². The van der Waals surface area contributed by atoms with E-state index >= 15 is 0 Å². The van der Waals surface area contributed by atoms with Crippen LogP contribution >= 0.6 is 0 Å². The second kappa shape index (κ2) is 13.7. The maximum atomic E-state index is 12.6. The predicted octanol–water partition coefficient (Wildman–Crippen LogP) is 5.23. The first-order valence-corrected chi connectivity index (χ1v) is 13.3. The van der Waals surface area contributed by atoms with Gasteiger partial charge in [-0.05, 0) is 74.7 Å².